The molecule has 0 radical (unpaired) electrons. The first-order valence-corrected chi connectivity index (χ1v) is 7.24. The molecule has 0 aliphatic rings. The van der Waals surface area contributed by atoms with Crippen LogP contribution in [0.4, 0.5) is 0 Å². The SMILES string of the molecule is CCN(CC(=O)OC)C(=O)c1cc(Cl)cc(Cl)c1I. The molecular weight excluding hydrogens is 404 g/mol. The minimum Gasteiger partial charge on any atom is -0.468 e. The summed E-state index contributed by atoms with van der Waals surface area (Å²) in [6.07, 6.45) is 0. The summed E-state index contributed by atoms with van der Waals surface area (Å²) in [7, 11) is 1.28. The predicted molar refractivity (Wildman–Crippen MR) is 82.8 cm³/mol. The maximum absolute atomic E-state index is 12.3. The molecule has 7 heteroatoms. The van der Waals surface area contributed by atoms with Gasteiger partial charge in [0.05, 0.1) is 17.7 Å². The maximum atomic E-state index is 12.3. The van der Waals surface area contributed by atoms with Gasteiger partial charge in [-0.25, -0.2) is 0 Å². The molecule has 0 aliphatic heterocycles. The molecule has 1 rings (SSSR count). The summed E-state index contributed by atoms with van der Waals surface area (Å²) in [5, 5.41) is 0.786. The Morgan fingerprint density at radius 1 is 1.37 bits per heavy atom. The van der Waals surface area contributed by atoms with Gasteiger partial charge >= 0.3 is 5.97 Å². The van der Waals surface area contributed by atoms with Crippen molar-refractivity contribution in [3.63, 3.8) is 0 Å². The fourth-order valence-corrected chi connectivity index (χ4v) is 2.47. The molecule has 0 heterocycles. The third kappa shape index (κ3) is 4.22. The van der Waals surface area contributed by atoms with Crippen LogP contribution in [-0.2, 0) is 9.53 Å². The second-order valence-electron chi connectivity index (χ2n) is 3.64. The van der Waals surface area contributed by atoms with E-state index >= 15 is 0 Å². The van der Waals surface area contributed by atoms with Crippen molar-refractivity contribution < 1.29 is 14.3 Å². The van der Waals surface area contributed by atoms with Crippen LogP contribution in [-0.4, -0.2) is 37.0 Å². The maximum Gasteiger partial charge on any atom is 0.325 e. The van der Waals surface area contributed by atoms with Crippen LogP contribution in [0.2, 0.25) is 10.0 Å². The lowest BCUT2D eigenvalue weighted by Crippen LogP contribution is -2.36. The van der Waals surface area contributed by atoms with Crippen LogP contribution in [0, 0.1) is 3.57 Å². The zero-order chi connectivity index (χ0) is 14.6. The summed E-state index contributed by atoms with van der Waals surface area (Å²) in [5.41, 5.74) is 0.379. The van der Waals surface area contributed by atoms with Crippen LogP contribution in [0.1, 0.15) is 17.3 Å². The number of ether oxygens (including phenoxy) is 1. The molecule has 0 aliphatic carbocycles. The second-order valence-corrected chi connectivity index (χ2v) is 5.57. The Hall–Kier alpha value is -0.530. The van der Waals surface area contributed by atoms with Crippen LogP contribution in [0.3, 0.4) is 0 Å². The standard InChI is InChI=1S/C12H12Cl2INO3/c1-3-16(6-10(17)19-2)12(18)8-4-7(13)5-9(14)11(8)15/h4-5H,3,6H2,1-2H3. The highest BCUT2D eigenvalue weighted by atomic mass is 127. The fraction of sp³-hybridized carbons (Fsp3) is 0.333. The van der Waals surface area contributed by atoms with E-state index in [0.717, 1.165) is 0 Å². The third-order valence-corrected chi connectivity index (χ3v) is 4.44. The number of rotatable bonds is 4. The van der Waals surface area contributed by atoms with Gasteiger partial charge in [0, 0.05) is 15.1 Å². The van der Waals surface area contributed by atoms with Crippen LogP contribution in [0.25, 0.3) is 0 Å². The van der Waals surface area contributed by atoms with Gasteiger partial charge in [-0.3, -0.25) is 9.59 Å². The van der Waals surface area contributed by atoms with Crippen LogP contribution >= 0.6 is 45.8 Å². The molecule has 19 heavy (non-hydrogen) atoms. The molecule has 4 nitrogen and oxygen atoms in total. The molecule has 0 aromatic heterocycles. The van der Waals surface area contributed by atoms with Gasteiger partial charge in [0.15, 0.2) is 0 Å². The van der Waals surface area contributed by atoms with E-state index < -0.39 is 5.97 Å². The molecule has 1 amide bonds. The highest BCUT2D eigenvalue weighted by Gasteiger charge is 2.21. The van der Waals surface area contributed by atoms with Crippen molar-refractivity contribution in [1.82, 2.24) is 4.90 Å². The van der Waals surface area contributed by atoms with Crippen molar-refractivity contribution in [3.05, 3.63) is 31.3 Å². The number of amides is 1. The quantitative estimate of drug-likeness (QED) is 0.431. The molecule has 1 aromatic rings. The van der Waals surface area contributed by atoms with Crippen molar-refractivity contribution in [2.75, 3.05) is 20.2 Å². The minimum absolute atomic E-state index is 0.105. The third-order valence-electron chi connectivity index (χ3n) is 2.44. The number of hydrogen-bond acceptors (Lipinski definition) is 3. The van der Waals surface area contributed by atoms with E-state index in [1.807, 2.05) is 22.6 Å². The first kappa shape index (κ1) is 16.5. The molecular formula is C12H12Cl2INO3. The van der Waals surface area contributed by atoms with Crippen LogP contribution in [0.5, 0.6) is 0 Å². The monoisotopic (exact) mass is 415 g/mol. The van der Waals surface area contributed by atoms with Crippen molar-refractivity contribution in [3.8, 4) is 0 Å². The molecule has 0 saturated heterocycles. The Morgan fingerprint density at radius 2 is 2.00 bits per heavy atom. The summed E-state index contributed by atoms with van der Waals surface area (Å²) < 4.78 is 5.17. The summed E-state index contributed by atoms with van der Waals surface area (Å²) >= 11 is 13.9. The second kappa shape index (κ2) is 7.31. The number of methoxy groups -OCH3 is 1. The smallest absolute Gasteiger partial charge is 0.325 e. The largest absolute Gasteiger partial charge is 0.468 e. The zero-order valence-electron chi connectivity index (χ0n) is 10.4. The summed E-state index contributed by atoms with van der Waals surface area (Å²) in [4.78, 5) is 25.0. The summed E-state index contributed by atoms with van der Waals surface area (Å²) in [6, 6.07) is 3.11. The molecule has 0 saturated carbocycles. The average molecular weight is 416 g/mol. The van der Waals surface area contributed by atoms with E-state index in [4.69, 9.17) is 23.2 Å². The Bertz CT molecular complexity index is 508. The Kier molecular flexibility index (Phi) is 6.35. The zero-order valence-corrected chi connectivity index (χ0v) is 14.0. The Morgan fingerprint density at radius 3 is 2.53 bits per heavy atom. The van der Waals surface area contributed by atoms with E-state index in [-0.39, 0.29) is 12.5 Å². The number of nitrogens with zero attached hydrogens (tertiary/aromatic N) is 1. The van der Waals surface area contributed by atoms with Gasteiger partial charge in [0.1, 0.15) is 6.54 Å². The molecule has 0 spiro atoms. The molecule has 0 bridgehead atoms. The number of likely N-dealkylation sites (N-methyl/N-ethyl adjacent to an activating group) is 1. The number of esters is 1. The lowest BCUT2D eigenvalue weighted by molar-refractivity contribution is -0.141. The molecule has 0 N–H and O–H groups in total. The topological polar surface area (TPSA) is 46.6 Å². The number of hydrogen-bond donors (Lipinski definition) is 0. The first-order chi connectivity index (χ1) is 8.90. The van der Waals surface area contributed by atoms with E-state index in [1.165, 1.54) is 18.1 Å². The van der Waals surface area contributed by atoms with Gasteiger partial charge < -0.3 is 9.64 Å². The van der Waals surface area contributed by atoms with Gasteiger partial charge in [-0.1, -0.05) is 23.2 Å². The molecule has 0 unspecified atom stereocenters. The summed E-state index contributed by atoms with van der Waals surface area (Å²) in [6.45, 7) is 2.06. The highest BCUT2D eigenvalue weighted by molar-refractivity contribution is 14.1. The lowest BCUT2D eigenvalue weighted by Gasteiger charge is -2.20. The lowest BCUT2D eigenvalue weighted by atomic mass is 10.2. The van der Waals surface area contributed by atoms with Gasteiger partial charge in [-0.2, -0.15) is 0 Å². The van der Waals surface area contributed by atoms with Crippen LogP contribution < -0.4 is 0 Å². The van der Waals surface area contributed by atoms with E-state index in [9.17, 15) is 9.59 Å². The number of carbonyl (C=O) groups excluding carboxylic acids is 2. The summed E-state index contributed by atoms with van der Waals surface area (Å²) in [5.74, 6) is -0.778. The predicted octanol–water partition coefficient (Wildman–Crippen LogP) is 3.23. The van der Waals surface area contributed by atoms with E-state index in [2.05, 4.69) is 4.74 Å². The molecule has 1 aromatic carbocycles. The van der Waals surface area contributed by atoms with Crippen molar-refractivity contribution >= 4 is 57.7 Å². The van der Waals surface area contributed by atoms with Gasteiger partial charge in [-0.15, -0.1) is 0 Å². The number of benzene rings is 1. The first-order valence-electron chi connectivity index (χ1n) is 5.41. The normalized spacial score (nSPS) is 10.2. The minimum atomic E-state index is -0.474. The average Bonchev–Trinajstić information content (AvgIpc) is 2.38. The van der Waals surface area contributed by atoms with Crippen molar-refractivity contribution in [2.45, 2.75) is 6.92 Å². The Balaban J connectivity index is 3.07. The van der Waals surface area contributed by atoms with E-state index in [0.29, 0.717) is 25.7 Å². The molecule has 0 fully saturated rings. The highest BCUT2D eigenvalue weighted by Crippen LogP contribution is 2.27. The van der Waals surface area contributed by atoms with Gasteiger partial charge in [0.25, 0.3) is 5.91 Å². The van der Waals surface area contributed by atoms with Gasteiger partial charge in [-0.05, 0) is 41.6 Å². The fourth-order valence-electron chi connectivity index (χ4n) is 1.43. The molecule has 0 atom stereocenters. The molecule has 104 valence electrons. The Labute approximate surface area is 135 Å². The van der Waals surface area contributed by atoms with E-state index in [1.54, 1.807) is 13.0 Å². The number of carbonyl (C=O) groups is 2. The van der Waals surface area contributed by atoms with Crippen molar-refractivity contribution in [2.24, 2.45) is 0 Å². The van der Waals surface area contributed by atoms with Crippen molar-refractivity contribution in [1.29, 1.82) is 0 Å². The van der Waals surface area contributed by atoms with Gasteiger partial charge in [0.2, 0.25) is 0 Å². The van der Waals surface area contributed by atoms with Crippen LogP contribution in [0.15, 0.2) is 12.1 Å². The number of halogens is 3.